The number of ether oxygens (including phenoxy) is 2. The van der Waals surface area contributed by atoms with E-state index in [0.29, 0.717) is 17.3 Å². The van der Waals surface area contributed by atoms with Crippen LogP contribution in [-0.4, -0.2) is 29.2 Å². The van der Waals surface area contributed by atoms with Gasteiger partial charge in [-0.3, -0.25) is 4.79 Å². The Balaban J connectivity index is 1.79. The number of rotatable bonds is 7. The molecule has 6 heteroatoms. The monoisotopic (exact) mass is 379 g/mol. The van der Waals surface area contributed by atoms with Gasteiger partial charge in [-0.15, -0.1) is 0 Å². The fourth-order valence-corrected chi connectivity index (χ4v) is 3.21. The van der Waals surface area contributed by atoms with E-state index in [1.807, 2.05) is 68.1 Å². The maximum atomic E-state index is 12.7. The lowest BCUT2D eigenvalue weighted by atomic mass is 10.0. The van der Waals surface area contributed by atoms with E-state index in [1.165, 1.54) is 0 Å². The highest BCUT2D eigenvalue weighted by Gasteiger charge is 2.24. The molecule has 0 bridgehead atoms. The molecule has 3 rings (SSSR count). The van der Waals surface area contributed by atoms with Gasteiger partial charge in [0.2, 0.25) is 0 Å². The molecule has 146 valence electrons. The molecule has 0 aliphatic heterocycles. The number of amides is 1. The summed E-state index contributed by atoms with van der Waals surface area (Å²) in [6.45, 7) is 3.91. The number of aromatic nitrogens is 2. The molecule has 2 aromatic carbocycles. The molecular weight excluding hydrogens is 354 g/mol. The SMILES string of the molecule is COc1ccccc1C(NC(=O)COc1cc(C)cc(C)c1)c1nccn1C. The average Bonchev–Trinajstić information content (AvgIpc) is 3.09. The van der Waals surface area contributed by atoms with Gasteiger partial charge in [-0.25, -0.2) is 4.98 Å². The summed E-state index contributed by atoms with van der Waals surface area (Å²) in [6, 6.07) is 13.0. The second-order valence-electron chi connectivity index (χ2n) is 6.75. The highest BCUT2D eigenvalue weighted by Crippen LogP contribution is 2.29. The smallest absolute Gasteiger partial charge is 0.258 e. The summed E-state index contributed by atoms with van der Waals surface area (Å²) in [7, 11) is 3.50. The minimum atomic E-state index is -0.452. The minimum Gasteiger partial charge on any atom is -0.496 e. The van der Waals surface area contributed by atoms with Crippen molar-refractivity contribution in [2.24, 2.45) is 7.05 Å². The van der Waals surface area contributed by atoms with Crippen molar-refractivity contribution in [3.63, 3.8) is 0 Å². The lowest BCUT2D eigenvalue weighted by Crippen LogP contribution is -2.34. The van der Waals surface area contributed by atoms with Crippen LogP contribution in [0.2, 0.25) is 0 Å². The molecule has 1 amide bonds. The number of hydrogen-bond acceptors (Lipinski definition) is 4. The van der Waals surface area contributed by atoms with E-state index in [1.54, 1.807) is 13.3 Å². The zero-order valence-corrected chi connectivity index (χ0v) is 16.6. The maximum absolute atomic E-state index is 12.7. The summed E-state index contributed by atoms with van der Waals surface area (Å²) in [5, 5.41) is 3.02. The highest BCUT2D eigenvalue weighted by molar-refractivity contribution is 5.78. The maximum Gasteiger partial charge on any atom is 0.258 e. The average molecular weight is 379 g/mol. The van der Waals surface area contributed by atoms with Crippen LogP contribution >= 0.6 is 0 Å². The number of carbonyl (C=O) groups is 1. The third-order valence-corrected chi connectivity index (χ3v) is 4.44. The van der Waals surface area contributed by atoms with E-state index in [9.17, 15) is 4.79 Å². The minimum absolute atomic E-state index is 0.0844. The van der Waals surface area contributed by atoms with Gasteiger partial charge in [0.15, 0.2) is 6.61 Å². The second-order valence-corrected chi connectivity index (χ2v) is 6.75. The number of methoxy groups -OCH3 is 1. The van der Waals surface area contributed by atoms with Crippen molar-refractivity contribution in [3.8, 4) is 11.5 Å². The molecule has 1 heterocycles. The molecule has 0 aliphatic rings. The quantitative estimate of drug-likeness (QED) is 0.684. The number of nitrogens with one attached hydrogen (secondary N) is 1. The molecule has 1 aromatic heterocycles. The Morgan fingerprint density at radius 3 is 2.54 bits per heavy atom. The molecule has 3 aromatic rings. The normalized spacial score (nSPS) is 11.7. The lowest BCUT2D eigenvalue weighted by Gasteiger charge is -2.21. The van der Waals surface area contributed by atoms with E-state index in [2.05, 4.69) is 16.4 Å². The number of hydrogen-bond donors (Lipinski definition) is 1. The molecular formula is C22H25N3O3. The Bertz CT molecular complexity index is 945. The topological polar surface area (TPSA) is 65.4 Å². The molecule has 0 saturated carbocycles. The van der Waals surface area contributed by atoms with Crippen molar-refractivity contribution in [2.75, 3.05) is 13.7 Å². The van der Waals surface area contributed by atoms with Crippen molar-refractivity contribution in [1.82, 2.24) is 14.9 Å². The van der Waals surface area contributed by atoms with Crippen LogP contribution in [0.15, 0.2) is 54.9 Å². The summed E-state index contributed by atoms with van der Waals surface area (Å²) in [4.78, 5) is 17.1. The van der Waals surface area contributed by atoms with Gasteiger partial charge in [0.1, 0.15) is 23.4 Å². The van der Waals surface area contributed by atoms with Crippen LogP contribution in [0.5, 0.6) is 11.5 Å². The molecule has 1 unspecified atom stereocenters. The number of nitrogens with zero attached hydrogens (tertiary/aromatic N) is 2. The van der Waals surface area contributed by atoms with E-state index in [0.717, 1.165) is 16.7 Å². The Morgan fingerprint density at radius 2 is 1.89 bits per heavy atom. The van der Waals surface area contributed by atoms with Gasteiger partial charge in [-0.1, -0.05) is 24.3 Å². The predicted octanol–water partition coefficient (Wildman–Crippen LogP) is 3.33. The van der Waals surface area contributed by atoms with Gasteiger partial charge < -0.3 is 19.4 Å². The number of aryl methyl sites for hydroxylation is 3. The molecule has 0 aliphatic carbocycles. The first-order chi connectivity index (χ1) is 13.5. The van der Waals surface area contributed by atoms with Crippen molar-refractivity contribution >= 4 is 5.91 Å². The number of para-hydroxylation sites is 1. The Hall–Kier alpha value is -3.28. The van der Waals surface area contributed by atoms with Gasteiger partial charge in [-0.05, 0) is 43.2 Å². The van der Waals surface area contributed by atoms with Crippen LogP contribution in [0.3, 0.4) is 0 Å². The first-order valence-electron chi connectivity index (χ1n) is 9.08. The molecule has 28 heavy (non-hydrogen) atoms. The van der Waals surface area contributed by atoms with Gasteiger partial charge >= 0.3 is 0 Å². The van der Waals surface area contributed by atoms with E-state index >= 15 is 0 Å². The van der Waals surface area contributed by atoms with Gasteiger partial charge in [-0.2, -0.15) is 0 Å². The fourth-order valence-electron chi connectivity index (χ4n) is 3.21. The predicted molar refractivity (Wildman–Crippen MR) is 108 cm³/mol. The lowest BCUT2D eigenvalue weighted by molar-refractivity contribution is -0.123. The number of carbonyl (C=O) groups excluding carboxylic acids is 1. The van der Waals surface area contributed by atoms with Crippen LogP contribution in [0.4, 0.5) is 0 Å². The van der Waals surface area contributed by atoms with Crippen molar-refractivity contribution in [1.29, 1.82) is 0 Å². The van der Waals surface area contributed by atoms with Gasteiger partial charge in [0, 0.05) is 25.0 Å². The van der Waals surface area contributed by atoms with Gasteiger partial charge in [0.25, 0.3) is 5.91 Å². The third-order valence-electron chi connectivity index (χ3n) is 4.44. The Morgan fingerprint density at radius 1 is 1.18 bits per heavy atom. The first kappa shape index (κ1) is 19.5. The van der Waals surface area contributed by atoms with Crippen LogP contribution in [0.1, 0.15) is 28.6 Å². The zero-order valence-electron chi connectivity index (χ0n) is 16.6. The van der Waals surface area contributed by atoms with Crippen LogP contribution in [-0.2, 0) is 11.8 Å². The molecule has 1 N–H and O–H groups in total. The van der Waals surface area contributed by atoms with Crippen molar-refractivity contribution in [2.45, 2.75) is 19.9 Å². The second kappa shape index (κ2) is 8.61. The molecule has 0 spiro atoms. The molecule has 1 atom stereocenters. The molecule has 0 fully saturated rings. The molecule has 0 saturated heterocycles. The largest absolute Gasteiger partial charge is 0.496 e. The third kappa shape index (κ3) is 4.52. The highest BCUT2D eigenvalue weighted by atomic mass is 16.5. The number of benzene rings is 2. The first-order valence-corrected chi connectivity index (χ1v) is 9.08. The molecule has 6 nitrogen and oxygen atoms in total. The van der Waals surface area contributed by atoms with Crippen LogP contribution in [0.25, 0.3) is 0 Å². The standard InChI is InChI=1S/C22H25N3O3/c1-15-11-16(2)13-17(12-15)28-14-20(26)24-21(22-23-9-10-25(22)3)18-7-5-6-8-19(18)27-4/h5-13,21H,14H2,1-4H3,(H,24,26). The fraction of sp³-hybridized carbons (Fsp3) is 0.273. The zero-order chi connectivity index (χ0) is 20.1. The van der Waals surface area contributed by atoms with E-state index in [-0.39, 0.29) is 12.5 Å². The summed E-state index contributed by atoms with van der Waals surface area (Å²) in [5.41, 5.74) is 3.02. The Labute approximate surface area is 165 Å². The summed E-state index contributed by atoms with van der Waals surface area (Å²) in [5.74, 6) is 1.84. The van der Waals surface area contributed by atoms with Crippen LogP contribution in [0, 0.1) is 13.8 Å². The summed E-state index contributed by atoms with van der Waals surface area (Å²) < 4.78 is 13.1. The summed E-state index contributed by atoms with van der Waals surface area (Å²) >= 11 is 0. The van der Waals surface area contributed by atoms with E-state index < -0.39 is 6.04 Å². The van der Waals surface area contributed by atoms with E-state index in [4.69, 9.17) is 9.47 Å². The summed E-state index contributed by atoms with van der Waals surface area (Å²) in [6.07, 6.45) is 3.55. The van der Waals surface area contributed by atoms with Gasteiger partial charge in [0.05, 0.1) is 7.11 Å². The van der Waals surface area contributed by atoms with Crippen molar-refractivity contribution in [3.05, 3.63) is 77.4 Å². The number of imidazole rings is 1. The van der Waals surface area contributed by atoms with Crippen molar-refractivity contribution < 1.29 is 14.3 Å². The molecule has 0 radical (unpaired) electrons. The Kier molecular flexibility index (Phi) is 5.99. The van der Waals surface area contributed by atoms with Crippen LogP contribution < -0.4 is 14.8 Å².